The molecule has 1 atom stereocenters. The van der Waals surface area contributed by atoms with Gasteiger partial charge in [0, 0.05) is 18.7 Å². The number of hydrogen-bond acceptors (Lipinski definition) is 6. The lowest BCUT2D eigenvalue weighted by Gasteiger charge is -2.42. The van der Waals surface area contributed by atoms with E-state index in [2.05, 4.69) is 26.1 Å². The minimum Gasteiger partial charge on any atom is -0.507 e. The average Bonchev–Trinajstić information content (AvgIpc) is 2.55. The van der Waals surface area contributed by atoms with Gasteiger partial charge in [0.25, 0.3) is 0 Å². The monoisotopic (exact) mass is 297 g/mol. The Kier molecular flexibility index (Phi) is 3.11. The van der Waals surface area contributed by atoms with E-state index >= 15 is 0 Å². The van der Waals surface area contributed by atoms with Crippen LogP contribution in [-0.2, 0) is 0 Å². The third-order valence-corrected chi connectivity index (χ3v) is 4.44. The maximum Gasteiger partial charge on any atom is 0.172 e. The number of rotatable bonds is 1. The molecule has 1 aromatic heterocycles. The second-order valence-electron chi connectivity index (χ2n) is 6.05. The molecule has 0 bridgehead atoms. The van der Waals surface area contributed by atoms with Crippen LogP contribution in [0.5, 0.6) is 5.75 Å². The van der Waals surface area contributed by atoms with Gasteiger partial charge < -0.3 is 21.1 Å². The van der Waals surface area contributed by atoms with E-state index in [0.29, 0.717) is 11.3 Å². The highest BCUT2D eigenvalue weighted by Gasteiger charge is 2.36. The van der Waals surface area contributed by atoms with Gasteiger partial charge in [-0.3, -0.25) is 0 Å². The SMILES string of the molecule is Oc1ccccc1-c1cc2c(nn1)NCC1(CCCNC1)N2. The van der Waals surface area contributed by atoms with Crippen molar-refractivity contribution in [2.45, 2.75) is 18.4 Å². The number of piperidine rings is 1. The molecule has 4 rings (SSSR count). The molecular weight excluding hydrogens is 278 g/mol. The van der Waals surface area contributed by atoms with Crippen molar-refractivity contribution in [1.82, 2.24) is 15.5 Å². The molecule has 0 radical (unpaired) electrons. The van der Waals surface area contributed by atoms with Crippen molar-refractivity contribution in [1.29, 1.82) is 0 Å². The molecule has 4 N–H and O–H groups in total. The number of aromatic hydroxyl groups is 1. The van der Waals surface area contributed by atoms with Crippen LogP contribution in [0.3, 0.4) is 0 Å². The second kappa shape index (κ2) is 5.14. The van der Waals surface area contributed by atoms with Crippen molar-refractivity contribution in [2.75, 3.05) is 30.3 Å². The third-order valence-electron chi connectivity index (χ3n) is 4.44. The van der Waals surface area contributed by atoms with Crippen LogP contribution in [-0.4, -0.2) is 40.5 Å². The molecule has 1 unspecified atom stereocenters. The maximum absolute atomic E-state index is 10.00. The summed E-state index contributed by atoms with van der Waals surface area (Å²) in [6.07, 6.45) is 2.29. The molecule has 22 heavy (non-hydrogen) atoms. The van der Waals surface area contributed by atoms with E-state index in [1.165, 1.54) is 0 Å². The van der Waals surface area contributed by atoms with Crippen molar-refractivity contribution < 1.29 is 5.11 Å². The van der Waals surface area contributed by atoms with Gasteiger partial charge in [-0.25, -0.2) is 0 Å². The molecule has 0 amide bonds. The van der Waals surface area contributed by atoms with Gasteiger partial charge in [-0.1, -0.05) is 12.1 Å². The summed E-state index contributed by atoms with van der Waals surface area (Å²) in [5.74, 6) is 0.991. The van der Waals surface area contributed by atoms with Crippen LogP contribution in [0, 0.1) is 0 Å². The highest BCUT2D eigenvalue weighted by atomic mass is 16.3. The fraction of sp³-hybridized carbons (Fsp3) is 0.375. The topological polar surface area (TPSA) is 82.1 Å². The quantitative estimate of drug-likeness (QED) is 0.643. The van der Waals surface area contributed by atoms with E-state index in [9.17, 15) is 5.11 Å². The van der Waals surface area contributed by atoms with Gasteiger partial charge in [0.1, 0.15) is 5.75 Å². The predicted octanol–water partition coefficient (Wildman–Crippen LogP) is 1.81. The average molecular weight is 297 g/mol. The zero-order chi connectivity index (χ0) is 15.0. The third kappa shape index (κ3) is 2.25. The summed E-state index contributed by atoms with van der Waals surface area (Å²) in [5, 5.41) is 28.9. The summed E-state index contributed by atoms with van der Waals surface area (Å²) < 4.78 is 0. The molecule has 2 aliphatic rings. The normalized spacial score (nSPS) is 23.5. The van der Waals surface area contributed by atoms with Gasteiger partial charge in [0.15, 0.2) is 5.82 Å². The Balaban J connectivity index is 1.69. The van der Waals surface area contributed by atoms with Crippen molar-refractivity contribution in [3.63, 3.8) is 0 Å². The highest BCUT2D eigenvalue weighted by Crippen LogP contribution is 2.35. The summed E-state index contributed by atoms with van der Waals surface area (Å²) in [4.78, 5) is 0. The first-order valence-electron chi connectivity index (χ1n) is 7.65. The molecule has 6 heteroatoms. The predicted molar refractivity (Wildman–Crippen MR) is 86.1 cm³/mol. The standard InChI is InChI=1S/C16H19N5O/c22-14-5-2-1-4-11(14)12-8-13-15(21-20-12)18-10-16(19-13)6-3-7-17-9-16/h1-2,4-5,8,17,19,22H,3,6-7,9-10H2,(H,18,21). The number of para-hydroxylation sites is 1. The fourth-order valence-electron chi connectivity index (χ4n) is 3.25. The van der Waals surface area contributed by atoms with E-state index in [1.807, 2.05) is 18.2 Å². The molecule has 1 fully saturated rings. The van der Waals surface area contributed by atoms with Crippen molar-refractivity contribution in [3.05, 3.63) is 30.3 Å². The Labute approximate surface area is 129 Å². The molecule has 2 aliphatic heterocycles. The van der Waals surface area contributed by atoms with Crippen LogP contribution in [0.1, 0.15) is 12.8 Å². The zero-order valence-corrected chi connectivity index (χ0v) is 12.3. The number of phenolic OH excluding ortho intramolecular Hbond substituents is 1. The summed E-state index contributed by atoms with van der Waals surface area (Å²) >= 11 is 0. The van der Waals surface area contributed by atoms with Gasteiger partial charge in [-0.05, 0) is 37.6 Å². The zero-order valence-electron chi connectivity index (χ0n) is 12.3. The number of nitrogens with one attached hydrogen (secondary N) is 3. The Hall–Kier alpha value is -2.34. The number of nitrogens with zero attached hydrogens (tertiary/aromatic N) is 2. The number of aromatic nitrogens is 2. The van der Waals surface area contributed by atoms with Gasteiger partial charge >= 0.3 is 0 Å². The molecule has 114 valence electrons. The summed E-state index contributed by atoms with van der Waals surface area (Å²) in [5.41, 5.74) is 2.35. The van der Waals surface area contributed by atoms with Crippen LogP contribution in [0.15, 0.2) is 30.3 Å². The van der Waals surface area contributed by atoms with Gasteiger partial charge in [-0.2, -0.15) is 0 Å². The molecule has 0 aliphatic carbocycles. The number of hydrogen-bond donors (Lipinski definition) is 4. The van der Waals surface area contributed by atoms with Crippen LogP contribution >= 0.6 is 0 Å². The molecule has 2 aromatic rings. The van der Waals surface area contributed by atoms with Crippen LogP contribution in [0.2, 0.25) is 0 Å². The van der Waals surface area contributed by atoms with E-state index in [1.54, 1.807) is 12.1 Å². The Bertz CT molecular complexity index is 697. The fourth-order valence-corrected chi connectivity index (χ4v) is 3.25. The summed E-state index contributed by atoms with van der Waals surface area (Å²) in [6, 6.07) is 9.15. The van der Waals surface area contributed by atoms with Crippen molar-refractivity contribution in [2.24, 2.45) is 0 Å². The Morgan fingerprint density at radius 3 is 2.86 bits per heavy atom. The molecule has 1 aromatic carbocycles. The first-order valence-corrected chi connectivity index (χ1v) is 7.65. The second-order valence-corrected chi connectivity index (χ2v) is 6.05. The Morgan fingerprint density at radius 2 is 2.05 bits per heavy atom. The minimum absolute atomic E-state index is 0.0320. The number of anilines is 2. The van der Waals surface area contributed by atoms with Crippen LogP contribution in [0.25, 0.3) is 11.3 Å². The highest BCUT2D eigenvalue weighted by molar-refractivity contribution is 5.76. The van der Waals surface area contributed by atoms with E-state index < -0.39 is 0 Å². The number of phenols is 1. The van der Waals surface area contributed by atoms with Gasteiger partial charge in [0.05, 0.1) is 16.9 Å². The first-order chi connectivity index (χ1) is 10.8. The molecule has 0 saturated carbocycles. The largest absolute Gasteiger partial charge is 0.507 e. The van der Waals surface area contributed by atoms with Gasteiger partial charge in [-0.15, -0.1) is 10.2 Å². The lowest BCUT2D eigenvalue weighted by molar-refractivity contribution is 0.352. The van der Waals surface area contributed by atoms with Crippen molar-refractivity contribution in [3.8, 4) is 17.0 Å². The van der Waals surface area contributed by atoms with E-state index in [-0.39, 0.29) is 11.3 Å². The molecular formula is C16H19N5O. The van der Waals surface area contributed by atoms with Crippen LogP contribution in [0.4, 0.5) is 11.5 Å². The summed E-state index contributed by atoms with van der Waals surface area (Å²) in [6.45, 7) is 2.86. The minimum atomic E-state index is 0.0320. The summed E-state index contributed by atoms with van der Waals surface area (Å²) in [7, 11) is 0. The van der Waals surface area contributed by atoms with Crippen molar-refractivity contribution >= 4 is 11.5 Å². The van der Waals surface area contributed by atoms with E-state index in [0.717, 1.165) is 44.0 Å². The first kappa shape index (κ1) is 13.3. The lowest BCUT2D eigenvalue weighted by atomic mass is 9.88. The van der Waals surface area contributed by atoms with Gasteiger partial charge in [0.2, 0.25) is 0 Å². The maximum atomic E-state index is 10.00. The molecule has 1 spiro atoms. The lowest BCUT2D eigenvalue weighted by Crippen LogP contribution is -2.57. The Morgan fingerprint density at radius 1 is 1.14 bits per heavy atom. The number of fused-ring (bicyclic) bond motifs is 1. The number of benzene rings is 1. The smallest absolute Gasteiger partial charge is 0.172 e. The molecule has 6 nitrogen and oxygen atoms in total. The molecule has 1 saturated heterocycles. The molecule has 3 heterocycles. The van der Waals surface area contributed by atoms with E-state index in [4.69, 9.17) is 0 Å². The van der Waals surface area contributed by atoms with Crippen LogP contribution < -0.4 is 16.0 Å².